The van der Waals surface area contributed by atoms with Gasteiger partial charge in [-0.25, -0.2) is 0 Å². The average molecular weight is 258 g/mol. The first kappa shape index (κ1) is 13.6. The first-order chi connectivity index (χ1) is 8.04. The van der Waals surface area contributed by atoms with Crippen LogP contribution in [0.3, 0.4) is 0 Å². The number of carbonyl (C=O) groups excluding carboxylic acids is 1. The van der Waals surface area contributed by atoms with Crippen molar-refractivity contribution < 1.29 is 15.0 Å². The number of phenols is 2. The van der Waals surface area contributed by atoms with E-state index in [-0.39, 0.29) is 28.9 Å². The van der Waals surface area contributed by atoms with Crippen molar-refractivity contribution >= 4 is 17.5 Å². The van der Waals surface area contributed by atoms with Crippen LogP contribution >= 0.6 is 11.6 Å². The first-order valence-corrected chi connectivity index (χ1v) is 5.94. The number of benzene rings is 1. The van der Waals surface area contributed by atoms with Crippen molar-refractivity contribution in [2.45, 2.75) is 13.3 Å². The van der Waals surface area contributed by atoms with Gasteiger partial charge >= 0.3 is 0 Å². The Kier molecular flexibility index (Phi) is 5.10. The molecule has 1 unspecified atom stereocenters. The lowest BCUT2D eigenvalue weighted by Gasteiger charge is -2.11. The van der Waals surface area contributed by atoms with Crippen molar-refractivity contribution in [3.8, 4) is 11.5 Å². The molecule has 1 aromatic rings. The maximum atomic E-state index is 11.7. The van der Waals surface area contributed by atoms with Crippen molar-refractivity contribution in [2.24, 2.45) is 5.92 Å². The second-order valence-electron chi connectivity index (χ2n) is 3.99. The number of amides is 1. The normalized spacial score (nSPS) is 12.1. The Morgan fingerprint density at radius 1 is 1.47 bits per heavy atom. The molecule has 4 nitrogen and oxygen atoms in total. The highest BCUT2D eigenvalue weighted by atomic mass is 35.5. The van der Waals surface area contributed by atoms with E-state index in [1.807, 2.05) is 6.92 Å². The molecule has 1 amide bonds. The zero-order valence-corrected chi connectivity index (χ0v) is 10.4. The summed E-state index contributed by atoms with van der Waals surface area (Å²) in [5.41, 5.74) is 0.154. The highest BCUT2D eigenvalue weighted by Crippen LogP contribution is 2.22. The molecule has 0 aliphatic rings. The third-order valence-electron chi connectivity index (χ3n) is 2.44. The second-order valence-corrected chi connectivity index (χ2v) is 4.37. The largest absolute Gasteiger partial charge is 0.508 e. The van der Waals surface area contributed by atoms with E-state index in [1.165, 1.54) is 12.1 Å². The van der Waals surface area contributed by atoms with Crippen molar-refractivity contribution in [2.75, 3.05) is 12.4 Å². The van der Waals surface area contributed by atoms with Crippen molar-refractivity contribution in [1.29, 1.82) is 0 Å². The minimum absolute atomic E-state index is 0.0745. The third kappa shape index (κ3) is 4.15. The Bertz CT molecular complexity index is 395. The fourth-order valence-electron chi connectivity index (χ4n) is 1.36. The standard InChI is InChI=1S/C12H16ClNO3/c1-8(4-5-13)7-14-12(17)10-3-2-9(15)6-11(10)16/h2-3,6,8,15-16H,4-5,7H2,1H3,(H,14,17). The van der Waals surface area contributed by atoms with Crippen LogP contribution in [0.2, 0.25) is 0 Å². The van der Waals surface area contributed by atoms with E-state index in [9.17, 15) is 9.90 Å². The Hall–Kier alpha value is -1.42. The molecule has 1 aromatic carbocycles. The number of nitrogens with one attached hydrogen (secondary N) is 1. The van der Waals surface area contributed by atoms with Crippen LogP contribution in [0.15, 0.2) is 18.2 Å². The van der Waals surface area contributed by atoms with Gasteiger partial charge < -0.3 is 15.5 Å². The molecule has 0 aliphatic carbocycles. The van der Waals surface area contributed by atoms with E-state index in [0.717, 1.165) is 12.5 Å². The van der Waals surface area contributed by atoms with Gasteiger partial charge in [0.25, 0.3) is 5.91 Å². The molecule has 5 heteroatoms. The maximum absolute atomic E-state index is 11.7. The van der Waals surface area contributed by atoms with Crippen LogP contribution in [-0.4, -0.2) is 28.5 Å². The summed E-state index contributed by atoms with van der Waals surface area (Å²) >= 11 is 5.59. The SMILES string of the molecule is CC(CCCl)CNC(=O)c1ccc(O)cc1O. The molecule has 0 aliphatic heterocycles. The van der Waals surface area contributed by atoms with E-state index in [0.29, 0.717) is 12.4 Å². The lowest BCUT2D eigenvalue weighted by Crippen LogP contribution is -2.28. The van der Waals surface area contributed by atoms with Crippen LogP contribution < -0.4 is 5.32 Å². The van der Waals surface area contributed by atoms with Crippen LogP contribution in [0.5, 0.6) is 11.5 Å². The Labute approximate surface area is 105 Å². The van der Waals surface area contributed by atoms with Gasteiger partial charge in [-0.2, -0.15) is 0 Å². The number of rotatable bonds is 5. The van der Waals surface area contributed by atoms with Crippen molar-refractivity contribution in [3.63, 3.8) is 0 Å². The smallest absolute Gasteiger partial charge is 0.255 e. The number of hydrogen-bond donors (Lipinski definition) is 3. The summed E-state index contributed by atoms with van der Waals surface area (Å²) < 4.78 is 0. The van der Waals surface area contributed by atoms with E-state index in [2.05, 4.69) is 5.32 Å². The van der Waals surface area contributed by atoms with Crippen LogP contribution in [0.4, 0.5) is 0 Å². The summed E-state index contributed by atoms with van der Waals surface area (Å²) in [5.74, 6) is 0.184. The minimum atomic E-state index is -0.357. The minimum Gasteiger partial charge on any atom is -0.508 e. The Morgan fingerprint density at radius 3 is 2.76 bits per heavy atom. The number of carbonyl (C=O) groups is 1. The number of phenolic OH excluding ortho intramolecular Hbond substituents is 2. The van der Waals surface area contributed by atoms with Gasteiger partial charge in [-0.3, -0.25) is 4.79 Å². The number of aromatic hydroxyl groups is 2. The molecular weight excluding hydrogens is 242 g/mol. The molecular formula is C12H16ClNO3. The predicted octanol–water partition coefficient (Wildman–Crippen LogP) is 2.09. The van der Waals surface area contributed by atoms with Gasteiger partial charge in [0, 0.05) is 18.5 Å². The highest BCUT2D eigenvalue weighted by Gasteiger charge is 2.12. The van der Waals surface area contributed by atoms with Crippen LogP contribution in [0.1, 0.15) is 23.7 Å². The van der Waals surface area contributed by atoms with Crippen LogP contribution in [-0.2, 0) is 0 Å². The van der Waals surface area contributed by atoms with Gasteiger partial charge in [0.05, 0.1) is 5.56 Å². The Morgan fingerprint density at radius 2 is 2.18 bits per heavy atom. The molecule has 0 bridgehead atoms. The molecule has 0 spiro atoms. The van der Waals surface area contributed by atoms with E-state index < -0.39 is 0 Å². The molecule has 94 valence electrons. The van der Waals surface area contributed by atoms with Crippen molar-refractivity contribution in [1.82, 2.24) is 5.32 Å². The van der Waals surface area contributed by atoms with Gasteiger partial charge in [-0.15, -0.1) is 11.6 Å². The van der Waals surface area contributed by atoms with E-state index in [1.54, 1.807) is 0 Å². The fourth-order valence-corrected chi connectivity index (χ4v) is 1.74. The number of alkyl halides is 1. The molecule has 1 atom stereocenters. The molecule has 0 heterocycles. The van der Waals surface area contributed by atoms with Gasteiger partial charge in [0.15, 0.2) is 0 Å². The molecule has 0 saturated carbocycles. The third-order valence-corrected chi connectivity index (χ3v) is 2.66. The van der Waals surface area contributed by atoms with Crippen LogP contribution in [0.25, 0.3) is 0 Å². The summed E-state index contributed by atoms with van der Waals surface area (Å²) in [5, 5.41) is 21.3. The lowest BCUT2D eigenvalue weighted by atomic mass is 10.1. The average Bonchev–Trinajstić information content (AvgIpc) is 2.26. The topological polar surface area (TPSA) is 69.6 Å². The van der Waals surface area contributed by atoms with Crippen molar-refractivity contribution in [3.05, 3.63) is 23.8 Å². The zero-order valence-electron chi connectivity index (χ0n) is 9.61. The zero-order chi connectivity index (χ0) is 12.8. The number of halogens is 1. The van der Waals surface area contributed by atoms with E-state index >= 15 is 0 Å². The monoisotopic (exact) mass is 257 g/mol. The molecule has 3 N–H and O–H groups in total. The molecule has 0 aromatic heterocycles. The quantitative estimate of drug-likeness (QED) is 0.708. The van der Waals surface area contributed by atoms with E-state index in [4.69, 9.17) is 16.7 Å². The number of hydrogen-bond acceptors (Lipinski definition) is 3. The lowest BCUT2D eigenvalue weighted by molar-refractivity contribution is 0.0945. The summed E-state index contributed by atoms with van der Waals surface area (Å²) in [6, 6.07) is 3.88. The Balaban J connectivity index is 2.58. The molecule has 0 fully saturated rings. The summed E-state index contributed by atoms with van der Waals surface area (Å²) in [6.07, 6.45) is 0.823. The maximum Gasteiger partial charge on any atom is 0.255 e. The van der Waals surface area contributed by atoms with Gasteiger partial charge in [0.2, 0.25) is 0 Å². The molecule has 0 saturated heterocycles. The van der Waals surface area contributed by atoms with Gasteiger partial charge in [0.1, 0.15) is 11.5 Å². The predicted molar refractivity (Wildman–Crippen MR) is 66.6 cm³/mol. The van der Waals surface area contributed by atoms with Gasteiger partial charge in [-0.05, 0) is 24.5 Å². The fraction of sp³-hybridized carbons (Fsp3) is 0.417. The summed E-state index contributed by atoms with van der Waals surface area (Å²) in [7, 11) is 0. The molecule has 0 radical (unpaired) electrons. The second kappa shape index (κ2) is 6.35. The first-order valence-electron chi connectivity index (χ1n) is 5.40. The van der Waals surface area contributed by atoms with Gasteiger partial charge in [-0.1, -0.05) is 6.92 Å². The highest BCUT2D eigenvalue weighted by molar-refractivity contribution is 6.17. The molecule has 17 heavy (non-hydrogen) atoms. The molecule has 1 rings (SSSR count). The summed E-state index contributed by atoms with van der Waals surface area (Å²) in [6.45, 7) is 2.49. The van der Waals surface area contributed by atoms with Crippen LogP contribution in [0, 0.1) is 5.92 Å². The summed E-state index contributed by atoms with van der Waals surface area (Å²) in [4.78, 5) is 11.7.